The highest BCUT2D eigenvalue weighted by Gasteiger charge is 2.49. The Balaban J connectivity index is 2.89. The van der Waals surface area contributed by atoms with Gasteiger partial charge >= 0.3 is 6.08 Å². The molecule has 0 atom stereocenters. The quantitative estimate of drug-likeness (QED) is 0.428. The van der Waals surface area contributed by atoms with E-state index < -0.39 is 11.2 Å². The fourth-order valence-corrected chi connectivity index (χ4v) is 0.744. The van der Waals surface area contributed by atoms with Crippen LogP contribution in [0, 0.1) is 0 Å². The van der Waals surface area contributed by atoms with Crippen LogP contribution in [-0.2, 0) is 9.47 Å². The van der Waals surface area contributed by atoms with E-state index in [0.29, 0.717) is 0 Å². The molecule has 0 amide bonds. The highest BCUT2D eigenvalue weighted by molar-refractivity contribution is 5.69. The summed E-state index contributed by atoms with van der Waals surface area (Å²) in [6.45, 7) is 7.52. The molecule has 4 nitrogen and oxygen atoms in total. The van der Waals surface area contributed by atoms with E-state index in [1.165, 1.54) is 0 Å². The lowest BCUT2D eigenvalue weighted by molar-refractivity contribution is 0.00578. The van der Waals surface area contributed by atoms with Gasteiger partial charge in [0.2, 0.25) is 0 Å². The van der Waals surface area contributed by atoms with Crippen molar-refractivity contribution >= 4 is 6.08 Å². The minimum atomic E-state index is -0.450. The first-order chi connectivity index (χ1) is 4.89. The van der Waals surface area contributed by atoms with Crippen LogP contribution in [0.1, 0.15) is 27.7 Å². The maximum absolute atomic E-state index is 8.37. The van der Waals surface area contributed by atoms with Gasteiger partial charge in [-0.1, -0.05) is 0 Å². The van der Waals surface area contributed by atoms with E-state index >= 15 is 0 Å². The number of oxime groups is 1. The summed E-state index contributed by atoms with van der Waals surface area (Å²) in [6.07, 6.45) is -0.0556. The summed E-state index contributed by atoms with van der Waals surface area (Å²) in [4.78, 5) is 0. The lowest BCUT2D eigenvalue weighted by Crippen LogP contribution is -2.41. The number of rotatable bonds is 0. The van der Waals surface area contributed by atoms with Gasteiger partial charge in [0.25, 0.3) is 0 Å². The Bertz CT molecular complexity index is 178. The van der Waals surface area contributed by atoms with Crippen LogP contribution < -0.4 is 0 Å². The Morgan fingerprint density at radius 3 is 1.64 bits per heavy atom. The Labute approximate surface area is 65.8 Å². The van der Waals surface area contributed by atoms with Gasteiger partial charge in [-0.3, -0.25) is 0 Å². The second-order valence-electron chi connectivity index (χ2n) is 3.59. The molecule has 0 radical (unpaired) electrons. The number of ether oxygens (including phenoxy) is 2. The van der Waals surface area contributed by atoms with Crippen LogP contribution in [-0.4, -0.2) is 22.5 Å². The van der Waals surface area contributed by atoms with Crippen molar-refractivity contribution in [2.75, 3.05) is 0 Å². The summed E-state index contributed by atoms with van der Waals surface area (Å²) in [7, 11) is 0. The molecule has 1 heterocycles. The topological polar surface area (TPSA) is 51.0 Å². The smallest absolute Gasteiger partial charge is 0.423 e. The van der Waals surface area contributed by atoms with Gasteiger partial charge in [0.15, 0.2) is 0 Å². The van der Waals surface area contributed by atoms with Crippen LogP contribution in [0.3, 0.4) is 0 Å². The first-order valence-corrected chi connectivity index (χ1v) is 3.49. The SMILES string of the molecule is CC1(C)OC(=NO)OC1(C)C. The fourth-order valence-electron chi connectivity index (χ4n) is 0.744. The summed E-state index contributed by atoms with van der Waals surface area (Å²) in [5.74, 6) is 0. The number of hydrogen-bond donors (Lipinski definition) is 1. The van der Waals surface area contributed by atoms with E-state index in [1.54, 1.807) is 0 Å². The molecule has 1 aliphatic heterocycles. The zero-order chi connectivity index (χ0) is 8.70. The van der Waals surface area contributed by atoms with E-state index in [2.05, 4.69) is 5.16 Å². The molecule has 0 aromatic rings. The van der Waals surface area contributed by atoms with Gasteiger partial charge < -0.3 is 14.7 Å². The highest BCUT2D eigenvalue weighted by atomic mass is 16.8. The monoisotopic (exact) mass is 159 g/mol. The molecule has 4 heteroatoms. The van der Waals surface area contributed by atoms with Gasteiger partial charge in [-0.2, -0.15) is 0 Å². The Hall–Kier alpha value is -0.930. The highest BCUT2D eigenvalue weighted by Crippen LogP contribution is 2.35. The summed E-state index contributed by atoms with van der Waals surface area (Å²) >= 11 is 0. The van der Waals surface area contributed by atoms with Crippen molar-refractivity contribution in [3.63, 3.8) is 0 Å². The fraction of sp³-hybridized carbons (Fsp3) is 0.857. The number of hydrogen-bond acceptors (Lipinski definition) is 4. The molecule has 1 N–H and O–H groups in total. The number of nitrogens with zero attached hydrogens (tertiary/aromatic N) is 1. The van der Waals surface area contributed by atoms with Crippen LogP contribution in [0.25, 0.3) is 0 Å². The maximum Gasteiger partial charge on any atom is 0.423 e. The first kappa shape index (κ1) is 8.17. The second kappa shape index (κ2) is 2.03. The Kier molecular flexibility index (Phi) is 1.51. The van der Waals surface area contributed by atoms with E-state index in [9.17, 15) is 0 Å². The van der Waals surface area contributed by atoms with Crippen molar-refractivity contribution < 1.29 is 14.7 Å². The van der Waals surface area contributed by atoms with Crippen LogP contribution >= 0.6 is 0 Å². The normalized spacial score (nSPS) is 25.6. The zero-order valence-electron chi connectivity index (χ0n) is 7.21. The van der Waals surface area contributed by atoms with E-state index in [1.807, 2.05) is 27.7 Å². The van der Waals surface area contributed by atoms with Crippen LogP contribution in [0.4, 0.5) is 0 Å². The minimum absolute atomic E-state index is 0.0556. The molecule has 0 bridgehead atoms. The molecule has 0 aliphatic carbocycles. The molecule has 1 rings (SSSR count). The standard InChI is InChI=1S/C7H13NO3/c1-6(2)7(3,4)11-5(8-9)10-6/h9H,1-4H3. The molecule has 1 aliphatic rings. The third kappa shape index (κ3) is 1.13. The minimum Gasteiger partial charge on any atom is -0.438 e. The second-order valence-corrected chi connectivity index (χ2v) is 3.59. The third-order valence-corrected chi connectivity index (χ3v) is 2.22. The molecule has 0 aromatic carbocycles. The molecule has 0 unspecified atom stereocenters. The molecule has 0 spiro atoms. The first-order valence-electron chi connectivity index (χ1n) is 3.49. The van der Waals surface area contributed by atoms with E-state index in [-0.39, 0.29) is 6.08 Å². The summed E-state index contributed by atoms with van der Waals surface area (Å²) in [5.41, 5.74) is -0.900. The van der Waals surface area contributed by atoms with Crippen molar-refractivity contribution in [2.45, 2.75) is 38.9 Å². The van der Waals surface area contributed by atoms with Gasteiger partial charge in [0.05, 0.1) is 0 Å². The molecule has 0 aromatic heterocycles. The molecule has 1 saturated heterocycles. The largest absolute Gasteiger partial charge is 0.438 e. The zero-order valence-corrected chi connectivity index (χ0v) is 7.21. The predicted octanol–water partition coefficient (Wildman–Crippen LogP) is 1.34. The maximum atomic E-state index is 8.37. The average Bonchev–Trinajstić information content (AvgIpc) is 2.03. The van der Waals surface area contributed by atoms with Gasteiger partial charge in [-0.05, 0) is 32.9 Å². The summed E-state index contributed by atoms with van der Waals surface area (Å²) in [5, 5.41) is 11.2. The summed E-state index contributed by atoms with van der Waals surface area (Å²) in [6, 6.07) is 0. The Morgan fingerprint density at radius 2 is 1.45 bits per heavy atom. The van der Waals surface area contributed by atoms with Crippen LogP contribution in [0.2, 0.25) is 0 Å². The molecule has 1 fully saturated rings. The Morgan fingerprint density at radius 1 is 1.09 bits per heavy atom. The van der Waals surface area contributed by atoms with Crippen molar-refractivity contribution in [3.05, 3.63) is 0 Å². The van der Waals surface area contributed by atoms with Crippen molar-refractivity contribution in [1.29, 1.82) is 0 Å². The third-order valence-electron chi connectivity index (χ3n) is 2.22. The van der Waals surface area contributed by atoms with Crippen molar-refractivity contribution in [2.24, 2.45) is 5.16 Å². The van der Waals surface area contributed by atoms with Crippen molar-refractivity contribution in [1.82, 2.24) is 0 Å². The summed E-state index contributed by atoms with van der Waals surface area (Å²) < 4.78 is 10.4. The van der Waals surface area contributed by atoms with E-state index in [0.717, 1.165) is 0 Å². The van der Waals surface area contributed by atoms with Gasteiger partial charge in [0, 0.05) is 0 Å². The molecule has 64 valence electrons. The molecular weight excluding hydrogens is 146 g/mol. The van der Waals surface area contributed by atoms with Crippen LogP contribution in [0.5, 0.6) is 0 Å². The predicted molar refractivity (Wildman–Crippen MR) is 39.5 cm³/mol. The van der Waals surface area contributed by atoms with Gasteiger partial charge in [0.1, 0.15) is 11.2 Å². The molecule has 0 saturated carbocycles. The molecular formula is C7H13NO3. The lowest BCUT2D eigenvalue weighted by Gasteiger charge is -2.28. The van der Waals surface area contributed by atoms with Crippen LogP contribution in [0.15, 0.2) is 5.16 Å². The van der Waals surface area contributed by atoms with Gasteiger partial charge in [-0.25, -0.2) is 0 Å². The molecule has 11 heavy (non-hydrogen) atoms. The van der Waals surface area contributed by atoms with Gasteiger partial charge in [-0.15, -0.1) is 0 Å². The van der Waals surface area contributed by atoms with E-state index in [4.69, 9.17) is 14.7 Å². The van der Waals surface area contributed by atoms with Crippen molar-refractivity contribution in [3.8, 4) is 0 Å². The average molecular weight is 159 g/mol. The lowest BCUT2D eigenvalue weighted by atomic mass is 9.90.